The van der Waals surface area contributed by atoms with Crippen molar-refractivity contribution in [2.24, 2.45) is 0 Å². The van der Waals surface area contributed by atoms with Crippen molar-refractivity contribution in [3.05, 3.63) is 64.0 Å². The predicted octanol–water partition coefficient (Wildman–Crippen LogP) is 2.78. The van der Waals surface area contributed by atoms with Crippen molar-refractivity contribution in [3.63, 3.8) is 0 Å². The van der Waals surface area contributed by atoms with E-state index >= 15 is 0 Å². The number of ether oxygens (including phenoxy) is 1. The van der Waals surface area contributed by atoms with Crippen LogP contribution in [-0.4, -0.2) is 46.7 Å². The first-order valence-corrected chi connectivity index (χ1v) is 10.5. The molecule has 0 unspecified atom stereocenters. The third-order valence-electron chi connectivity index (χ3n) is 5.65. The van der Waals surface area contributed by atoms with Crippen LogP contribution in [0.25, 0.3) is 16.6 Å². The molecule has 0 bridgehead atoms. The summed E-state index contributed by atoms with van der Waals surface area (Å²) in [6.07, 6.45) is 2.25. The minimum Gasteiger partial charge on any atom is -0.488 e. The number of piperazine rings is 1. The number of hydrogen-bond donors (Lipinski definition) is 1. The first-order chi connectivity index (χ1) is 14.6. The van der Waals surface area contributed by atoms with Gasteiger partial charge in [0.15, 0.2) is 0 Å². The summed E-state index contributed by atoms with van der Waals surface area (Å²) in [6, 6.07) is 10.0. The van der Waals surface area contributed by atoms with Crippen molar-refractivity contribution in [2.75, 3.05) is 26.2 Å². The number of halogens is 1. The van der Waals surface area contributed by atoms with Crippen LogP contribution < -0.4 is 15.6 Å². The van der Waals surface area contributed by atoms with E-state index in [1.165, 1.54) is 12.1 Å². The van der Waals surface area contributed by atoms with Crippen LogP contribution in [0, 0.1) is 12.7 Å². The number of nitrogens with zero attached hydrogens (tertiary/aromatic N) is 3. The molecule has 5 rings (SSSR count). The summed E-state index contributed by atoms with van der Waals surface area (Å²) in [5, 5.41) is 3.62. The van der Waals surface area contributed by atoms with Gasteiger partial charge < -0.3 is 10.1 Å². The van der Waals surface area contributed by atoms with Crippen LogP contribution in [0.1, 0.15) is 24.2 Å². The molecule has 156 valence electrons. The lowest BCUT2D eigenvalue weighted by molar-refractivity contribution is 0.226. The lowest BCUT2D eigenvalue weighted by Gasteiger charge is -2.28. The molecule has 0 atom stereocenters. The third kappa shape index (κ3) is 3.82. The summed E-state index contributed by atoms with van der Waals surface area (Å²) in [5.74, 6) is 0.880. The van der Waals surface area contributed by atoms with Crippen molar-refractivity contribution in [1.82, 2.24) is 19.8 Å². The molecule has 1 saturated heterocycles. The minimum absolute atomic E-state index is 0.198. The van der Waals surface area contributed by atoms with Crippen molar-refractivity contribution < 1.29 is 9.13 Å². The van der Waals surface area contributed by atoms with Gasteiger partial charge in [-0.15, -0.1) is 0 Å². The first kappa shape index (κ1) is 19.2. The normalized spacial score (nSPS) is 17.4. The predicted molar refractivity (Wildman–Crippen MR) is 114 cm³/mol. The van der Waals surface area contributed by atoms with Gasteiger partial charge in [-0.2, -0.15) is 0 Å². The number of nitrogens with one attached hydrogen (secondary N) is 1. The van der Waals surface area contributed by atoms with Gasteiger partial charge in [-0.05, 0) is 55.7 Å². The van der Waals surface area contributed by atoms with Crippen LogP contribution in [0.15, 0.2) is 41.2 Å². The molecular weight excluding hydrogens is 383 g/mol. The molecule has 2 aliphatic rings. The summed E-state index contributed by atoms with van der Waals surface area (Å²) in [7, 11) is 0. The zero-order valence-electron chi connectivity index (χ0n) is 17.0. The third-order valence-corrected chi connectivity index (χ3v) is 5.65. The highest BCUT2D eigenvalue weighted by molar-refractivity contribution is 5.78. The van der Waals surface area contributed by atoms with Gasteiger partial charge in [0.05, 0.1) is 29.2 Å². The summed E-state index contributed by atoms with van der Waals surface area (Å²) >= 11 is 0. The zero-order chi connectivity index (χ0) is 20.7. The maximum atomic E-state index is 13.9. The average Bonchev–Trinajstić information content (AvgIpc) is 3.55. The van der Waals surface area contributed by atoms with E-state index in [1.807, 2.05) is 25.1 Å². The topological polar surface area (TPSA) is 59.4 Å². The summed E-state index contributed by atoms with van der Waals surface area (Å²) in [5.41, 5.74) is 1.97. The number of aromatic nitrogens is 2. The maximum Gasteiger partial charge on any atom is 0.266 e. The Morgan fingerprint density at radius 2 is 1.97 bits per heavy atom. The molecule has 3 aromatic rings. The fourth-order valence-corrected chi connectivity index (χ4v) is 3.89. The van der Waals surface area contributed by atoms with Crippen LogP contribution in [0.3, 0.4) is 0 Å². The molecule has 1 aliphatic carbocycles. The molecule has 1 N–H and O–H groups in total. The average molecular weight is 408 g/mol. The highest BCUT2D eigenvalue weighted by Gasteiger charge is 2.26. The van der Waals surface area contributed by atoms with Gasteiger partial charge >= 0.3 is 0 Å². The number of aryl methyl sites for hydroxylation is 1. The van der Waals surface area contributed by atoms with Gasteiger partial charge in [-0.3, -0.25) is 14.3 Å². The van der Waals surface area contributed by atoms with Crippen LogP contribution in [-0.2, 0) is 6.54 Å². The molecule has 7 heteroatoms. The van der Waals surface area contributed by atoms with E-state index in [2.05, 4.69) is 10.2 Å². The van der Waals surface area contributed by atoms with Crippen molar-refractivity contribution in [3.8, 4) is 11.4 Å². The highest BCUT2D eigenvalue weighted by atomic mass is 19.1. The monoisotopic (exact) mass is 408 g/mol. The smallest absolute Gasteiger partial charge is 0.266 e. The van der Waals surface area contributed by atoms with Gasteiger partial charge in [-0.1, -0.05) is 6.07 Å². The van der Waals surface area contributed by atoms with E-state index in [-0.39, 0.29) is 17.0 Å². The fourth-order valence-electron chi connectivity index (χ4n) is 3.89. The number of hydrogen-bond acceptors (Lipinski definition) is 5. The Morgan fingerprint density at radius 3 is 2.73 bits per heavy atom. The lowest BCUT2D eigenvalue weighted by Crippen LogP contribution is -2.44. The number of rotatable bonds is 5. The molecule has 2 heterocycles. The van der Waals surface area contributed by atoms with E-state index in [4.69, 9.17) is 9.72 Å². The number of fused-ring (bicyclic) bond motifs is 1. The van der Waals surface area contributed by atoms with Gasteiger partial charge in [0.2, 0.25) is 0 Å². The fraction of sp³-hybridized carbons (Fsp3) is 0.391. The molecule has 0 spiro atoms. The Morgan fingerprint density at radius 1 is 1.17 bits per heavy atom. The highest BCUT2D eigenvalue weighted by Crippen LogP contribution is 2.32. The summed E-state index contributed by atoms with van der Waals surface area (Å²) in [4.78, 5) is 20.6. The van der Waals surface area contributed by atoms with E-state index in [0.717, 1.165) is 44.6 Å². The molecule has 1 aliphatic heterocycles. The van der Waals surface area contributed by atoms with E-state index < -0.39 is 5.82 Å². The standard InChI is InChI=1S/C23H25FN4O2/c1-15-2-7-20(21(12-15)30-17-4-5-17)28-22(14-27-10-8-25-9-11-27)26-19-6-3-16(24)13-18(19)23(28)29/h2-3,6-7,12-13,17,25H,4-5,8-11,14H2,1H3. The molecule has 2 fully saturated rings. The number of benzene rings is 2. The van der Waals surface area contributed by atoms with Crippen LogP contribution in [0.4, 0.5) is 4.39 Å². The van der Waals surface area contributed by atoms with Gasteiger partial charge in [-0.25, -0.2) is 9.37 Å². The molecule has 6 nitrogen and oxygen atoms in total. The van der Waals surface area contributed by atoms with Crippen molar-refractivity contribution in [2.45, 2.75) is 32.4 Å². The molecule has 2 aromatic carbocycles. The quantitative estimate of drug-likeness (QED) is 0.704. The molecule has 0 amide bonds. The molecule has 1 aromatic heterocycles. The van der Waals surface area contributed by atoms with Gasteiger partial charge in [0.25, 0.3) is 5.56 Å². The molecule has 0 radical (unpaired) electrons. The second-order valence-corrected chi connectivity index (χ2v) is 8.14. The van der Waals surface area contributed by atoms with Crippen LogP contribution in [0.2, 0.25) is 0 Å². The van der Waals surface area contributed by atoms with Crippen molar-refractivity contribution in [1.29, 1.82) is 0 Å². The Bertz CT molecular complexity index is 1150. The SMILES string of the molecule is Cc1ccc(-n2c(CN3CCNCC3)nc3ccc(F)cc3c2=O)c(OC2CC2)c1. The lowest BCUT2D eigenvalue weighted by atomic mass is 10.2. The Kier molecular flexibility index (Phi) is 5.00. The molecule has 30 heavy (non-hydrogen) atoms. The second-order valence-electron chi connectivity index (χ2n) is 8.14. The van der Waals surface area contributed by atoms with Gasteiger partial charge in [0.1, 0.15) is 17.4 Å². The van der Waals surface area contributed by atoms with E-state index in [9.17, 15) is 9.18 Å². The molecular formula is C23H25FN4O2. The Hall–Kier alpha value is -2.77. The summed E-state index contributed by atoms with van der Waals surface area (Å²) < 4.78 is 21.7. The largest absolute Gasteiger partial charge is 0.488 e. The van der Waals surface area contributed by atoms with Crippen LogP contribution in [0.5, 0.6) is 5.75 Å². The zero-order valence-corrected chi connectivity index (χ0v) is 17.0. The maximum absolute atomic E-state index is 13.9. The van der Waals surface area contributed by atoms with Crippen LogP contribution >= 0.6 is 0 Å². The second kappa shape index (κ2) is 7.81. The molecule has 1 saturated carbocycles. The van der Waals surface area contributed by atoms with E-state index in [0.29, 0.717) is 29.3 Å². The van der Waals surface area contributed by atoms with E-state index in [1.54, 1.807) is 10.6 Å². The summed E-state index contributed by atoms with van der Waals surface area (Å²) in [6.45, 7) is 6.13. The van der Waals surface area contributed by atoms with Gasteiger partial charge in [0, 0.05) is 26.2 Å². The minimum atomic E-state index is -0.443. The Labute approximate surface area is 174 Å². The van der Waals surface area contributed by atoms with Crippen molar-refractivity contribution >= 4 is 10.9 Å². The Balaban J connectivity index is 1.69. The first-order valence-electron chi connectivity index (χ1n) is 10.5.